The highest BCUT2D eigenvalue weighted by Gasteiger charge is 2.34. The average molecular weight is 550 g/mol. The molecule has 10 heteroatoms. The highest BCUT2D eigenvalue weighted by Crippen LogP contribution is 2.39. The molecule has 204 valence electrons. The van der Waals surface area contributed by atoms with Crippen molar-refractivity contribution in [3.8, 4) is 17.2 Å². The number of benzene rings is 3. The van der Waals surface area contributed by atoms with E-state index in [0.717, 1.165) is 11.5 Å². The molecule has 1 amide bonds. The van der Waals surface area contributed by atoms with Gasteiger partial charge in [0.05, 0.1) is 12.6 Å². The smallest absolute Gasteiger partial charge is 0.260 e. The van der Waals surface area contributed by atoms with Gasteiger partial charge in [0.15, 0.2) is 18.2 Å². The molecule has 1 saturated heterocycles. The van der Waals surface area contributed by atoms with Crippen LogP contribution in [0.4, 0.5) is 17.1 Å². The molecule has 0 spiro atoms. The van der Waals surface area contributed by atoms with Crippen LogP contribution in [0.5, 0.6) is 17.2 Å². The number of carbonyl (C=O) groups excluding carboxylic acids is 1. The largest absolute Gasteiger partial charge is 0.492 e. The molecule has 1 atom stereocenters. The number of nitrogen functional groups attached to an aromatic ring is 1. The number of aliphatic imine (C=N–C) groups is 1. The van der Waals surface area contributed by atoms with Crippen molar-refractivity contribution in [1.29, 1.82) is 0 Å². The monoisotopic (exact) mass is 549 g/mol. The Balaban J connectivity index is 1.30. The number of ether oxygens (including phenoxy) is 2. The first-order valence-corrected chi connectivity index (χ1v) is 13.4. The SMILES string of the molecule is CCOc1ccccc1N1Oc2cc(N)ccc2N=C1C(C)N1CCN(C(=O)COc2ccc(Cl)cc2)CC1. The van der Waals surface area contributed by atoms with Crippen LogP contribution >= 0.6 is 11.6 Å². The summed E-state index contributed by atoms with van der Waals surface area (Å²) >= 11 is 5.92. The van der Waals surface area contributed by atoms with Gasteiger partial charge in [-0.05, 0) is 62.4 Å². The Kier molecular flexibility index (Phi) is 8.09. The number of fused-ring (bicyclic) bond motifs is 1. The topological polar surface area (TPSA) is 92.9 Å². The number of nitrogens with two attached hydrogens (primary N) is 1. The fraction of sp³-hybridized carbons (Fsp3) is 0.310. The maximum Gasteiger partial charge on any atom is 0.260 e. The molecule has 0 saturated carbocycles. The number of carbonyl (C=O) groups is 1. The van der Waals surface area contributed by atoms with Crippen LogP contribution in [0.3, 0.4) is 0 Å². The highest BCUT2D eigenvalue weighted by molar-refractivity contribution is 6.30. The van der Waals surface area contributed by atoms with Crippen LogP contribution in [0.2, 0.25) is 5.02 Å². The van der Waals surface area contributed by atoms with E-state index >= 15 is 0 Å². The second-order valence-corrected chi connectivity index (χ2v) is 9.76. The Morgan fingerprint density at radius 2 is 1.79 bits per heavy atom. The van der Waals surface area contributed by atoms with E-state index in [0.29, 0.717) is 66.4 Å². The summed E-state index contributed by atoms with van der Waals surface area (Å²) in [6.45, 7) is 7.09. The maximum atomic E-state index is 12.8. The van der Waals surface area contributed by atoms with Gasteiger partial charge in [0.1, 0.15) is 22.9 Å². The van der Waals surface area contributed by atoms with Crippen LogP contribution in [-0.4, -0.2) is 67.0 Å². The van der Waals surface area contributed by atoms with E-state index in [9.17, 15) is 4.79 Å². The lowest BCUT2D eigenvalue weighted by Gasteiger charge is -2.41. The zero-order chi connectivity index (χ0) is 27.4. The molecule has 1 unspecified atom stereocenters. The van der Waals surface area contributed by atoms with Crippen molar-refractivity contribution < 1.29 is 19.1 Å². The number of anilines is 2. The normalized spacial score (nSPS) is 16.1. The molecule has 9 nitrogen and oxygen atoms in total. The number of halogens is 1. The van der Waals surface area contributed by atoms with Gasteiger partial charge in [-0.2, -0.15) is 5.06 Å². The standard InChI is InChI=1S/C29H32ClN5O4/c1-3-37-26-7-5-4-6-25(26)35-29(32-24-13-10-22(31)18-27(24)39-35)20(2)33-14-16-34(17-15-33)28(36)19-38-23-11-8-21(30)9-12-23/h4-13,18,20H,3,14-17,19,31H2,1-2H3. The number of piperazine rings is 1. The summed E-state index contributed by atoms with van der Waals surface area (Å²) in [7, 11) is 0. The molecule has 3 aromatic rings. The number of hydrogen-bond donors (Lipinski definition) is 1. The summed E-state index contributed by atoms with van der Waals surface area (Å²) in [5.74, 6) is 2.57. The molecule has 2 heterocycles. The summed E-state index contributed by atoms with van der Waals surface area (Å²) in [4.78, 5) is 28.3. The minimum atomic E-state index is -0.104. The lowest BCUT2D eigenvalue weighted by Crippen LogP contribution is -2.57. The van der Waals surface area contributed by atoms with Gasteiger partial charge >= 0.3 is 0 Å². The minimum absolute atomic E-state index is 0.0142. The van der Waals surface area contributed by atoms with Gasteiger partial charge in [-0.25, -0.2) is 4.99 Å². The molecule has 2 aliphatic heterocycles. The van der Waals surface area contributed by atoms with Crippen molar-refractivity contribution in [2.75, 3.05) is 50.2 Å². The molecule has 0 aliphatic carbocycles. The number of amides is 1. The van der Waals surface area contributed by atoms with Gasteiger partial charge in [0.25, 0.3) is 5.91 Å². The third kappa shape index (κ3) is 6.05. The number of para-hydroxylation sites is 2. The summed E-state index contributed by atoms with van der Waals surface area (Å²) in [5, 5.41) is 2.36. The maximum absolute atomic E-state index is 12.8. The number of amidine groups is 1. The number of hydrogen-bond acceptors (Lipinski definition) is 8. The van der Waals surface area contributed by atoms with Crippen LogP contribution in [0, 0.1) is 0 Å². The second kappa shape index (κ2) is 11.8. The molecule has 3 aromatic carbocycles. The van der Waals surface area contributed by atoms with Crippen LogP contribution < -0.4 is 25.1 Å². The summed E-state index contributed by atoms with van der Waals surface area (Å²) in [5.41, 5.74) is 8.09. The Hall–Kier alpha value is -3.95. The highest BCUT2D eigenvalue weighted by atomic mass is 35.5. The first-order valence-electron chi connectivity index (χ1n) is 13.0. The third-order valence-electron chi connectivity index (χ3n) is 6.76. The molecule has 2 N–H and O–H groups in total. The van der Waals surface area contributed by atoms with E-state index in [2.05, 4.69) is 11.8 Å². The second-order valence-electron chi connectivity index (χ2n) is 9.32. The fourth-order valence-corrected chi connectivity index (χ4v) is 4.76. The first kappa shape index (κ1) is 26.6. The third-order valence-corrected chi connectivity index (χ3v) is 7.02. The molecule has 0 radical (unpaired) electrons. The van der Waals surface area contributed by atoms with Gasteiger partial charge < -0.3 is 24.9 Å². The molecule has 2 aliphatic rings. The number of rotatable bonds is 8. The quantitative estimate of drug-likeness (QED) is 0.404. The Morgan fingerprint density at radius 3 is 2.54 bits per heavy atom. The summed E-state index contributed by atoms with van der Waals surface area (Å²) < 4.78 is 11.6. The predicted molar refractivity (Wildman–Crippen MR) is 153 cm³/mol. The fourth-order valence-electron chi connectivity index (χ4n) is 4.64. The van der Waals surface area contributed by atoms with E-state index in [1.54, 1.807) is 35.4 Å². The Labute approximate surface area is 233 Å². The molecule has 5 rings (SSSR count). The molecular weight excluding hydrogens is 518 g/mol. The van der Waals surface area contributed by atoms with Gasteiger partial charge in [-0.15, -0.1) is 0 Å². The Bertz CT molecular complexity index is 1340. The van der Waals surface area contributed by atoms with Crippen molar-refractivity contribution in [2.24, 2.45) is 4.99 Å². The van der Waals surface area contributed by atoms with Gasteiger partial charge in [0.2, 0.25) is 0 Å². The lowest BCUT2D eigenvalue weighted by atomic mass is 10.1. The number of hydroxylamine groups is 1. The van der Waals surface area contributed by atoms with E-state index in [1.165, 1.54) is 0 Å². The number of nitrogens with zero attached hydrogens (tertiary/aromatic N) is 4. The lowest BCUT2D eigenvalue weighted by molar-refractivity contribution is -0.135. The summed E-state index contributed by atoms with van der Waals surface area (Å²) in [6, 6.07) is 20.1. The molecule has 39 heavy (non-hydrogen) atoms. The molecule has 1 fully saturated rings. The van der Waals surface area contributed by atoms with Crippen molar-refractivity contribution in [3.63, 3.8) is 0 Å². The average Bonchev–Trinajstić information content (AvgIpc) is 2.96. The molecule has 0 aromatic heterocycles. The molecular formula is C29H32ClN5O4. The van der Waals surface area contributed by atoms with Crippen LogP contribution in [0.25, 0.3) is 0 Å². The van der Waals surface area contributed by atoms with E-state index in [-0.39, 0.29) is 18.6 Å². The van der Waals surface area contributed by atoms with Crippen molar-refractivity contribution in [2.45, 2.75) is 19.9 Å². The zero-order valence-corrected chi connectivity index (χ0v) is 22.8. The zero-order valence-electron chi connectivity index (χ0n) is 22.0. The minimum Gasteiger partial charge on any atom is -0.492 e. The van der Waals surface area contributed by atoms with E-state index in [4.69, 9.17) is 36.6 Å². The van der Waals surface area contributed by atoms with E-state index < -0.39 is 0 Å². The van der Waals surface area contributed by atoms with Crippen molar-refractivity contribution in [1.82, 2.24) is 9.80 Å². The van der Waals surface area contributed by atoms with Crippen LogP contribution in [0.15, 0.2) is 71.7 Å². The van der Waals surface area contributed by atoms with Gasteiger partial charge in [-0.1, -0.05) is 23.7 Å². The van der Waals surface area contributed by atoms with E-state index in [1.807, 2.05) is 48.2 Å². The van der Waals surface area contributed by atoms with Crippen LogP contribution in [-0.2, 0) is 4.79 Å². The van der Waals surface area contributed by atoms with Crippen molar-refractivity contribution in [3.05, 3.63) is 71.8 Å². The first-order chi connectivity index (χ1) is 18.9. The van der Waals surface area contributed by atoms with Crippen LogP contribution in [0.1, 0.15) is 13.8 Å². The predicted octanol–water partition coefficient (Wildman–Crippen LogP) is 4.78. The van der Waals surface area contributed by atoms with Gasteiger partial charge in [-0.3, -0.25) is 9.69 Å². The van der Waals surface area contributed by atoms with Gasteiger partial charge in [0, 0.05) is 43.0 Å². The van der Waals surface area contributed by atoms with Crippen molar-refractivity contribution >= 4 is 40.4 Å². The molecule has 0 bridgehead atoms. The Morgan fingerprint density at radius 1 is 1.05 bits per heavy atom. The summed E-state index contributed by atoms with van der Waals surface area (Å²) in [6.07, 6.45) is 0.